The van der Waals surface area contributed by atoms with Crippen LogP contribution in [0.2, 0.25) is 0 Å². The second-order valence-corrected chi connectivity index (χ2v) is 4.15. The number of benzene rings is 1. The highest BCUT2D eigenvalue weighted by molar-refractivity contribution is 5.93. The van der Waals surface area contributed by atoms with Crippen LogP contribution < -0.4 is 5.73 Å². The number of fused-ring (bicyclic) bond motifs is 1. The number of nitrogens with two attached hydrogens (primary N) is 1. The molecule has 0 aromatic heterocycles. The molecule has 0 unspecified atom stereocenters. The molecule has 80 valence electrons. The molecule has 0 atom stereocenters. The molecule has 3 nitrogen and oxygen atoms in total. The van der Waals surface area contributed by atoms with Crippen LogP contribution in [0, 0.1) is 0 Å². The smallest absolute Gasteiger partial charge is 0.248 e. The summed E-state index contributed by atoms with van der Waals surface area (Å²) >= 11 is 0. The summed E-state index contributed by atoms with van der Waals surface area (Å²) in [5, 5.41) is 0. The lowest BCUT2D eigenvalue weighted by molar-refractivity contribution is 0.1000. The van der Waals surface area contributed by atoms with Gasteiger partial charge in [0.25, 0.3) is 0 Å². The fourth-order valence-corrected chi connectivity index (χ4v) is 1.99. The quantitative estimate of drug-likeness (QED) is 0.736. The highest BCUT2D eigenvalue weighted by Crippen LogP contribution is 2.17. The van der Waals surface area contributed by atoms with Crippen molar-refractivity contribution in [3.63, 3.8) is 0 Å². The fraction of sp³-hybridized carbons (Fsp3) is 0.417. The minimum atomic E-state index is -0.338. The Morgan fingerprint density at radius 2 is 1.93 bits per heavy atom. The number of rotatable bonds is 1. The van der Waals surface area contributed by atoms with Gasteiger partial charge in [-0.05, 0) is 43.1 Å². The summed E-state index contributed by atoms with van der Waals surface area (Å²) in [5.41, 5.74) is 8.51. The number of likely N-dealkylation sites (N-methyl/N-ethyl adjacent to an activating group) is 1. The van der Waals surface area contributed by atoms with E-state index in [-0.39, 0.29) is 5.91 Å². The minimum absolute atomic E-state index is 0.338. The van der Waals surface area contributed by atoms with Crippen LogP contribution in [0.5, 0.6) is 0 Å². The van der Waals surface area contributed by atoms with E-state index >= 15 is 0 Å². The molecule has 1 aromatic carbocycles. The summed E-state index contributed by atoms with van der Waals surface area (Å²) in [6.07, 6.45) is 2.07. The zero-order chi connectivity index (χ0) is 10.8. The molecule has 1 aromatic rings. The van der Waals surface area contributed by atoms with E-state index < -0.39 is 0 Å². The van der Waals surface area contributed by atoms with Gasteiger partial charge in [-0.25, -0.2) is 0 Å². The van der Waals surface area contributed by atoms with Crippen molar-refractivity contribution >= 4 is 5.91 Å². The van der Waals surface area contributed by atoms with Gasteiger partial charge in [-0.2, -0.15) is 0 Å². The summed E-state index contributed by atoms with van der Waals surface area (Å²) < 4.78 is 0. The van der Waals surface area contributed by atoms with E-state index in [4.69, 9.17) is 5.73 Å². The van der Waals surface area contributed by atoms with Gasteiger partial charge in [0, 0.05) is 18.7 Å². The molecular formula is C12H16N2O. The Hall–Kier alpha value is -1.35. The molecule has 1 heterocycles. The van der Waals surface area contributed by atoms with Crippen LogP contribution >= 0.6 is 0 Å². The molecule has 15 heavy (non-hydrogen) atoms. The number of carbonyl (C=O) groups excluding carboxylic acids is 1. The van der Waals surface area contributed by atoms with Crippen molar-refractivity contribution in [2.45, 2.75) is 12.8 Å². The van der Waals surface area contributed by atoms with Gasteiger partial charge < -0.3 is 10.6 Å². The van der Waals surface area contributed by atoms with E-state index in [9.17, 15) is 4.79 Å². The summed E-state index contributed by atoms with van der Waals surface area (Å²) in [6.45, 7) is 2.14. The molecule has 0 saturated carbocycles. The largest absolute Gasteiger partial charge is 0.366 e. The van der Waals surface area contributed by atoms with Crippen LogP contribution in [0.4, 0.5) is 0 Å². The number of nitrogens with zero attached hydrogens (tertiary/aromatic N) is 1. The molecule has 0 radical (unpaired) electrons. The molecule has 0 aliphatic carbocycles. The summed E-state index contributed by atoms with van der Waals surface area (Å²) in [7, 11) is 2.13. The van der Waals surface area contributed by atoms with E-state index in [1.165, 1.54) is 11.1 Å². The summed E-state index contributed by atoms with van der Waals surface area (Å²) in [5.74, 6) is -0.338. The average Bonchev–Trinajstić information content (AvgIpc) is 2.40. The molecule has 1 aliphatic rings. The van der Waals surface area contributed by atoms with Crippen molar-refractivity contribution in [3.8, 4) is 0 Å². The lowest BCUT2D eigenvalue weighted by atomic mass is 10.00. The number of hydrogen-bond donors (Lipinski definition) is 1. The SMILES string of the molecule is CN1CCc2ccc(C(N)=O)cc2CC1. The summed E-state index contributed by atoms with van der Waals surface area (Å²) in [4.78, 5) is 13.4. The van der Waals surface area contributed by atoms with E-state index in [2.05, 4.69) is 11.9 Å². The van der Waals surface area contributed by atoms with Gasteiger partial charge in [-0.1, -0.05) is 6.07 Å². The van der Waals surface area contributed by atoms with Gasteiger partial charge in [0.05, 0.1) is 0 Å². The Kier molecular flexibility index (Phi) is 2.73. The second kappa shape index (κ2) is 4.03. The maximum absolute atomic E-state index is 11.0. The normalized spacial score (nSPS) is 16.9. The third-order valence-corrected chi connectivity index (χ3v) is 3.02. The van der Waals surface area contributed by atoms with Gasteiger partial charge in [0.15, 0.2) is 0 Å². The third-order valence-electron chi connectivity index (χ3n) is 3.02. The first-order valence-electron chi connectivity index (χ1n) is 5.27. The van der Waals surface area contributed by atoms with Crippen LogP contribution in [0.25, 0.3) is 0 Å². The van der Waals surface area contributed by atoms with Crippen molar-refractivity contribution in [3.05, 3.63) is 34.9 Å². The molecular weight excluding hydrogens is 188 g/mol. The lowest BCUT2D eigenvalue weighted by Crippen LogP contribution is -2.20. The number of amides is 1. The van der Waals surface area contributed by atoms with Gasteiger partial charge in [-0.15, -0.1) is 0 Å². The van der Waals surface area contributed by atoms with Crippen molar-refractivity contribution in [2.24, 2.45) is 5.73 Å². The van der Waals surface area contributed by atoms with Gasteiger partial charge >= 0.3 is 0 Å². The Labute approximate surface area is 89.9 Å². The molecule has 2 N–H and O–H groups in total. The van der Waals surface area contributed by atoms with Crippen molar-refractivity contribution < 1.29 is 4.79 Å². The highest BCUT2D eigenvalue weighted by atomic mass is 16.1. The van der Waals surface area contributed by atoms with Crippen molar-refractivity contribution in [1.29, 1.82) is 0 Å². The van der Waals surface area contributed by atoms with Gasteiger partial charge in [-0.3, -0.25) is 4.79 Å². The summed E-state index contributed by atoms with van der Waals surface area (Å²) in [6, 6.07) is 5.80. The van der Waals surface area contributed by atoms with E-state index in [0.29, 0.717) is 5.56 Å². The minimum Gasteiger partial charge on any atom is -0.366 e. The van der Waals surface area contributed by atoms with Crippen LogP contribution in [-0.4, -0.2) is 30.9 Å². The maximum atomic E-state index is 11.0. The van der Waals surface area contributed by atoms with E-state index in [1.54, 1.807) is 0 Å². The Morgan fingerprint density at radius 3 is 2.60 bits per heavy atom. The van der Waals surface area contributed by atoms with Crippen LogP contribution in [0.3, 0.4) is 0 Å². The monoisotopic (exact) mass is 204 g/mol. The van der Waals surface area contributed by atoms with Crippen molar-refractivity contribution in [2.75, 3.05) is 20.1 Å². The van der Waals surface area contributed by atoms with Crippen LogP contribution in [0.1, 0.15) is 21.5 Å². The number of hydrogen-bond acceptors (Lipinski definition) is 2. The maximum Gasteiger partial charge on any atom is 0.248 e. The molecule has 3 heteroatoms. The zero-order valence-corrected chi connectivity index (χ0v) is 8.99. The Balaban J connectivity index is 2.32. The van der Waals surface area contributed by atoms with E-state index in [1.807, 2.05) is 18.2 Å². The Morgan fingerprint density at radius 1 is 1.27 bits per heavy atom. The molecule has 1 amide bonds. The lowest BCUT2D eigenvalue weighted by Gasteiger charge is -2.10. The molecule has 0 bridgehead atoms. The predicted octanol–water partition coefficient (Wildman–Crippen LogP) is 0.816. The molecule has 0 saturated heterocycles. The fourth-order valence-electron chi connectivity index (χ4n) is 1.99. The first-order valence-corrected chi connectivity index (χ1v) is 5.27. The van der Waals surface area contributed by atoms with Gasteiger partial charge in [0.1, 0.15) is 0 Å². The number of primary amides is 1. The molecule has 1 aliphatic heterocycles. The van der Waals surface area contributed by atoms with Crippen molar-refractivity contribution in [1.82, 2.24) is 4.90 Å². The molecule has 2 rings (SSSR count). The Bertz CT molecular complexity index is 387. The first-order chi connectivity index (χ1) is 7.16. The zero-order valence-electron chi connectivity index (χ0n) is 8.99. The first kappa shape index (κ1) is 10.2. The van der Waals surface area contributed by atoms with Gasteiger partial charge in [0.2, 0.25) is 5.91 Å². The standard InChI is InChI=1S/C12H16N2O/c1-14-6-4-9-2-3-11(12(13)15)8-10(9)5-7-14/h2-3,8H,4-7H2,1H3,(H2,13,15). The average molecular weight is 204 g/mol. The molecule has 0 fully saturated rings. The van der Waals surface area contributed by atoms with Crippen LogP contribution in [-0.2, 0) is 12.8 Å². The highest BCUT2D eigenvalue weighted by Gasteiger charge is 2.12. The molecule has 0 spiro atoms. The predicted molar refractivity (Wildman–Crippen MR) is 59.9 cm³/mol. The topological polar surface area (TPSA) is 46.3 Å². The van der Waals surface area contributed by atoms with E-state index in [0.717, 1.165) is 25.9 Å². The van der Waals surface area contributed by atoms with Crippen LogP contribution in [0.15, 0.2) is 18.2 Å². The number of carbonyl (C=O) groups is 1. The third kappa shape index (κ3) is 2.18. The second-order valence-electron chi connectivity index (χ2n) is 4.15.